The summed E-state index contributed by atoms with van der Waals surface area (Å²) in [5, 5.41) is 3.81. The minimum Gasteiger partial charge on any atom is -0.450 e. The van der Waals surface area contributed by atoms with Gasteiger partial charge in [-0.1, -0.05) is 0 Å². The summed E-state index contributed by atoms with van der Waals surface area (Å²) in [7, 11) is 0. The Kier molecular flexibility index (Phi) is 5.39. The third-order valence-electron chi connectivity index (χ3n) is 5.24. The van der Waals surface area contributed by atoms with Crippen molar-refractivity contribution in [1.82, 2.24) is 15.2 Å². The predicted molar refractivity (Wildman–Crippen MR) is 101 cm³/mol. The van der Waals surface area contributed by atoms with Crippen molar-refractivity contribution < 1.29 is 18.7 Å². The third kappa shape index (κ3) is 3.91. The molecule has 2 N–H and O–H groups in total. The zero-order chi connectivity index (χ0) is 19.6. The van der Waals surface area contributed by atoms with Crippen LogP contribution in [-0.4, -0.2) is 47.6 Å². The summed E-state index contributed by atoms with van der Waals surface area (Å²) in [5.41, 5.74) is 0.748. The van der Waals surface area contributed by atoms with E-state index in [0.717, 1.165) is 11.1 Å². The molecule has 1 saturated heterocycles. The van der Waals surface area contributed by atoms with Gasteiger partial charge in [-0.15, -0.1) is 0 Å². The lowest BCUT2D eigenvalue weighted by atomic mass is 9.83. The van der Waals surface area contributed by atoms with Crippen molar-refractivity contribution in [3.8, 4) is 0 Å². The second-order valence-corrected chi connectivity index (χ2v) is 7.45. The van der Waals surface area contributed by atoms with Gasteiger partial charge in [-0.05, 0) is 57.4 Å². The van der Waals surface area contributed by atoms with Gasteiger partial charge < -0.3 is 19.9 Å². The SMILES string of the molecule is CCOC(=O)N1CCC(NC(=O)C(C)(C)c2c[nH]c3ccc(F)cc23)CC1. The van der Waals surface area contributed by atoms with Gasteiger partial charge in [-0.3, -0.25) is 4.79 Å². The number of fused-ring (bicyclic) bond motifs is 1. The van der Waals surface area contributed by atoms with E-state index in [1.807, 2.05) is 13.8 Å². The van der Waals surface area contributed by atoms with E-state index in [1.165, 1.54) is 12.1 Å². The van der Waals surface area contributed by atoms with Crippen LogP contribution in [-0.2, 0) is 14.9 Å². The number of benzene rings is 1. The quantitative estimate of drug-likeness (QED) is 0.861. The number of nitrogens with one attached hydrogen (secondary N) is 2. The van der Waals surface area contributed by atoms with Gasteiger partial charge in [0, 0.05) is 36.2 Å². The van der Waals surface area contributed by atoms with Crippen molar-refractivity contribution in [3.63, 3.8) is 0 Å². The molecule has 0 atom stereocenters. The number of amides is 2. The molecule has 0 unspecified atom stereocenters. The van der Waals surface area contributed by atoms with Crippen LogP contribution in [0, 0.1) is 5.82 Å². The van der Waals surface area contributed by atoms with Crippen LogP contribution in [0.2, 0.25) is 0 Å². The highest BCUT2D eigenvalue weighted by molar-refractivity contribution is 5.94. The van der Waals surface area contributed by atoms with Crippen LogP contribution in [0.25, 0.3) is 10.9 Å². The zero-order valence-corrected chi connectivity index (χ0v) is 16.0. The Labute approximate surface area is 158 Å². The molecule has 1 aromatic carbocycles. The first-order valence-corrected chi connectivity index (χ1v) is 9.32. The van der Waals surface area contributed by atoms with E-state index >= 15 is 0 Å². The van der Waals surface area contributed by atoms with Crippen molar-refractivity contribution in [3.05, 3.63) is 35.8 Å². The van der Waals surface area contributed by atoms with E-state index in [9.17, 15) is 14.0 Å². The van der Waals surface area contributed by atoms with Gasteiger partial charge in [0.15, 0.2) is 0 Å². The summed E-state index contributed by atoms with van der Waals surface area (Å²) >= 11 is 0. The molecule has 0 spiro atoms. The van der Waals surface area contributed by atoms with Gasteiger partial charge in [0.05, 0.1) is 12.0 Å². The normalized spacial score (nSPS) is 15.8. The third-order valence-corrected chi connectivity index (χ3v) is 5.24. The molecule has 146 valence electrons. The van der Waals surface area contributed by atoms with Gasteiger partial charge in [-0.2, -0.15) is 0 Å². The Morgan fingerprint density at radius 1 is 1.33 bits per heavy atom. The Balaban J connectivity index is 1.67. The van der Waals surface area contributed by atoms with E-state index in [4.69, 9.17) is 4.74 Å². The fraction of sp³-hybridized carbons (Fsp3) is 0.500. The fourth-order valence-electron chi connectivity index (χ4n) is 3.52. The molecule has 0 radical (unpaired) electrons. The minimum atomic E-state index is -0.815. The van der Waals surface area contributed by atoms with E-state index in [0.29, 0.717) is 37.9 Å². The molecule has 0 bridgehead atoms. The minimum absolute atomic E-state index is 0.00407. The summed E-state index contributed by atoms with van der Waals surface area (Å²) in [6, 6.07) is 4.53. The molecular formula is C20H26FN3O3. The second-order valence-electron chi connectivity index (χ2n) is 7.45. The smallest absolute Gasteiger partial charge is 0.409 e. The molecule has 2 heterocycles. The number of halogens is 1. The number of hydrogen-bond donors (Lipinski definition) is 2. The van der Waals surface area contributed by atoms with Gasteiger partial charge >= 0.3 is 6.09 Å². The molecule has 1 aliphatic rings. The topological polar surface area (TPSA) is 74.4 Å². The van der Waals surface area contributed by atoms with E-state index in [1.54, 1.807) is 24.1 Å². The maximum Gasteiger partial charge on any atom is 0.409 e. The Bertz CT molecular complexity index is 838. The summed E-state index contributed by atoms with van der Waals surface area (Å²) in [4.78, 5) is 29.5. The number of piperidine rings is 1. The molecule has 27 heavy (non-hydrogen) atoms. The summed E-state index contributed by atoms with van der Waals surface area (Å²) in [6.45, 7) is 6.93. The van der Waals surface area contributed by atoms with Gasteiger partial charge in [0.1, 0.15) is 5.82 Å². The van der Waals surface area contributed by atoms with Crippen molar-refractivity contribution in [2.24, 2.45) is 0 Å². The fourth-order valence-corrected chi connectivity index (χ4v) is 3.52. The molecule has 3 rings (SSSR count). The zero-order valence-electron chi connectivity index (χ0n) is 16.0. The van der Waals surface area contributed by atoms with Crippen molar-refractivity contribution in [1.29, 1.82) is 0 Å². The van der Waals surface area contributed by atoms with Crippen LogP contribution >= 0.6 is 0 Å². The summed E-state index contributed by atoms with van der Waals surface area (Å²) in [6.07, 6.45) is 2.84. The number of rotatable bonds is 4. The number of likely N-dealkylation sites (tertiary alicyclic amines) is 1. The maximum atomic E-state index is 13.7. The van der Waals surface area contributed by atoms with Crippen molar-refractivity contribution >= 4 is 22.9 Å². The monoisotopic (exact) mass is 375 g/mol. The van der Waals surface area contributed by atoms with Crippen LogP contribution < -0.4 is 5.32 Å². The Morgan fingerprint density at radius 2 is 2.04 bits per heavy atom. The lowest BCUT2D eigenvalue weighted by molar-refractivity contribution is -0.126. The lowest BCUT2D eigenvalue weighted by Gasteiger charge is -2.33. The van der Waals surface area contributed by atoms with E-state index in [-0.39, 0.29) is 23.9 Å². The highest BCUT2D eigenvalue weighted by atomic mass is 19.1. The number of carbonyl (C=O) groups excluding carboxylic acids is 2. The standard InChI is InChI=1S/C20H26FN3O3/c1-4-27-19(26)24-9-7-14(8-10-24)23-18(25)20(2,3)16-12-22-17-6-5-13(21)11-15(16)17/h5-6,11-12,14,22H,4,7-10H2,1-3H3,(H,23,25). The molecule has 0 saturated carbocycles. The number of H-pyrrole nitrogens is 1. The average Bonchev–Trinajstić information content (AvgIpc) is 3.06. The van der Waals surface area contributed by atoms with Crippen LogP contribution in [0.4, 0.5) is 9.18 Å². The molecule has 0 aliphatic carbocycles. The van der Waals surface area contributed by atoms with Crippen molar-refractivity contribution in [2.75, 3.05) is 19.7 Å². The van der Waals surface area contributed by atoms with Crippen LogP contribution in [0.15, 0.2) is 24.4 Å². The van der Waals surface area contributed by atoms with Crippen LogP contribution in [0.1, 0.15) is 39.2 Å². The van der Waals surface area contributed by atoms with Crippen LogP contribution in [0.3, 0.4) is 0 Å². The number of aromatic amines is 1. The molecule has 1 aliphatic heterocycles. The maximum absolute atomic E-state index is 13.7. The number of ether oxygens (including phenoxy) is 1. The van der Waals surface area contributed by atoms with E-state index in [2.05, 4.69) is 10.3 Å². The van der Waals surface area contributed by atoms with Gasteiger partial charge in [-0.25, -0.2) is 9.18 Å². The number of carbonyl (C=O) groups is 2. The highest BCUT2D eigenvalue weighted by Gasteiger charge is 2.34. The molecular weight excluding hydrogens is 349 g/mol. The average molecular weight is 375 g/mol. The number of hydrogen-bond acceptors (Lipinski definition) is 3. The molecule has 2 aromatic rings. The van der Waals surface area contributed by atoms with Gasteiger partial charge in [0.2, 0.25) is 5.91 Å². The van der Waals surface area contributed by atoms with Crippen LogP contribution in [0.5, 0.6) is 0 Å². The Morgan fingerprint density at radius 3 is 2.70 bits per heavy atom. The van der Waals surface area contributed by atoms with E-state index < -0.39 is 5.41 Å². The first kappa shape index (κ1) is 19.2. The predicted octanol–water partition coefficient (Wildman–Crippen LogP) is 3.32. The summed E-state index contributed by atoms with van der Waals surface area (Å²) in [5.74, 6) is -0.437. The molecule has 2 amide bonds. The lowest BCUT2D eigenvalue weighted by Crippen LogP contribution is -2.50. The van der Waals surface area contributed by atoms with Crippen molar-refractivity contribution in [2.45, 2.75) is 45.1 Å². The molecule has 7 heteroatoms. The summed E-state index contributed by atoms with van der Waals surface area (Å²) < 4.78 is 18.7. The number of nitrogens with zero attached hydrogens (tertiary/aromatic N) is 1. The molecule has 1 aromatic heterocycles. The largest absolute Gasteiger partial charge is 0.450 e. The first-order valence-electron chi connectivity index (χ1n) is 9.32. The Hall–Kier alpha value is -2.57. The van der Waals surface area contributed by atoms with Gasteiger partial charge in [0.25, 0.3) is 0 Å². The second kappa shape index (κ2) is 7.58. The molecule has 1 fully saturated rings. The first-order chi connectivity index (χ1) is 12.8. The highest BCUT2D eigenvalue weighted by Crippen LogP contribution is 2.31. The number of aromatic nitrogens is 1. The molecule has 6 nitrogen and oxygen atoms in total.